The minimum Gasteiger partial charge on any atom is -0.340 e. The quantitative estimate of drug-likeness (QED) is 0.572. The summed E-state index contributed by atoms with van der Waals surface area (Å²) in [6.45, 7) is 3.98. The van der Waals surface area contributed by atoms with Crippen LogP contribution in [0.2, 0.25) is 0 Å². The molecule has 28 heavy (non-hydrogen) atoms. The van der Waals surface area contributed by atoms with Gasteiger partial charge in [0.15, 0.2) is 0 Å². The second-order valence-corrected chi connectivity index (χ2v) is 6.77. The summed E-state index contributed by atoms with van der Waals surface area (Å²) in [7, 11) is 0. The number of pyridine rings is 2. The van der Waals surface area contributed by atoms with E-state index < -0.39 is 6.04 Å². The number of carbonyl (C=O) groups is 1. The van der Waals surface area contributed by atoms with Crippen LogP contribution in [0.5, 0.6) is 0 Å². The topological polar surface area (TPSA) is 93.8 Å². The van der Waals surface area contributed by atoms with Crippen LogP contribution in [0.3, 0.4) is 0 Å². The molecule has 3 heterocycles. The van der Waals surface area contributed by atoms with E-state index >= 15 is 0 Å². The summed E-state index contributed by atoms with van der Waals surface area (Å²) < 4.78 is 5.45. The smallest absolute Gasteiger partial charge is 0.252 e. The summed E-state index contributed by atoms with van der Waals surface area (Å²) in [5.74, 6) is 0.649. The highest BCUT2D eigenvalue weighted by atomic mass is 16.5. The molecular weight excluding hydrogens is 354 g/mol. The molecule has 1 aromatic carbocycles. The molecular formula is C21H19N5O2. The van der Waals surface area contributed by atoms with Gasteiger partial charge in [-0.2, -0.15) is 4.98 Å². The zero-order valence-electron chi connectivity index (χ0n) is 15.5. The molecule has 7 heteroatoms. The van der Waals surface area contributed by atoms with Crippen molar-refractivity contribution in [1.29, 1.82) is 0 Å². The molecule has 4 aromatic rings. The molecule has 1 amide bonds. The van der Waals surface area contributed by atoms with E-state index in [4.69, 9.17) is 4.52 Å². The van der Waals surface area contributed by atoms with Crippen molar-refractivity contribution in [1.82, 2.24) is 25.4 Å². The number of aromatic nitrogens is 4. The predicted octanol–water partition coefficient (Wildman–Crippen LogP) is 3.81. The van der Waals surface area contributed by atoms with Crippen LogP contribution < -0.4 is 5.32 Å². The SMILES string of the molecule is CC(C)C(NC(=O)c1cccc2ncccc12)c1nc(-c2cccnc2)no1. The monoisotopic (exact) mass is 373 g/mol. The van der Waals surface area contributed by atoms with Gasteiger partial charge in [0, 0.05) is 35.1 Å². The van der Waals surface area contributed by atoms with E-state index in [0.717, 1.165) is 16.5 Å². The zero-order valence-corrected chi connectivity index (χ0v) is 15.5. The van der Waals surface area contributed by atoms with Crippen molar-refractivity contribution in [3.63, 3.8) is 0 Å². The second kappa shape index (κ2) is 7.56. The molecule has 1 atom stereocenters. The third kappa shape index (κ3) is 3.46. The molecule has 0 aliphatic carbocycles. The largest absolute Gasteiger partial charge is 0.340 e. The van der Waals surface area contributed by atoms with Crippen molar-refractivity contribution < 1.29 is 9.32 Å². The van der Waals surface area contributed by atoms with Crippen LogP contribution in [-0.4, -0.2) is 26.0 Å². The average molecular weight is 373 g/mol. The molecule has 0 saturated heterocycles. The second-order valence-electron chi connectivity index (χ2n) is 6.77. The Morgan fingerprint density at radius 3 is 2.71 bits per heavy atom. The number of benzene rings is 1. The van der Waals surface area contributed by atoms with Gasteiger partial charge in [0.05, 0.1) is 5.52 Å². The fraction of sp³-hybridized carbons (Fsp3) is 0.190. The van der Waals surface area contributed by atoms with E-state index in [-0.39, 0.29) is 11.8 Å². The highest BCUT2D eigenvalue weighted by Gasteiger charge is 2.26. The molecule has 1 unspecified atom stereocenters. The van der Waals surface area contributed by atoms with Gasteiger partial charge in [0.2, 0.25) is 11.7 Å². The minimum atomic E-state index is -0.419. The van der Waals surface area contributed by atoms with E-state index in [9.17, 15) is 4.79 Å². The number of hydrogen-bond acceptors (Lipinski definition) is 6. The van der Waals surface area contributed by atoms with Gasteiger partial charge in [-0.05, 0) is 36.2 Å². The summed E-state index contributed by atoms with van der Waals surface area (Å²) in [6, 6.07) is 12.4. The van der Waals surface area contributed by atoms with Gasteiger partial charge in [-0.15, -0.1) is 0 Å². The number of nitrogens with zero attached hydrogens (tertiary/aromatic N) is 4. The Morgan fingerprint density at radius 1 is 1.07 bits per heavy atom. The number of fused-ring (bicyclic) bond motifs is 1. The molecule has 0 spiro atoms. The van der Waals surface area contributed by atoms with Crippen molar-refractivity contribution in [3.8, 4) is 11.4 Å². The van der Waals surface area contributed by atoms with Crippen molar-refractivity contribution in [2.75, 3.05) is 0 Å². The highest BCUT2D eigenvalue weighted by molar-refractivity contribution is 6.06. The lowest BCUT2D eigenvalue weighted by Gasteiger charge is -2.19. The van der Waals surface area contributed by atoms with E-state index in [1.54, 1.807) is 24.7 Å². The standard InChI is InChI=1S/C21H19N5O2/c1-13(2)18(21-25-19(26-28-21)14-6-4-10-22-12-14)24-20(27)16-7-3-9-17-15(16)8-5-11-23-17/h3-13,18H,1-2H3,(H,24,27). The Hall–Kier alpha value is -3.61. The van der Waals surface area contributed by atoms with Crippen LogP contribution in [-0.2, 0) is 0 Å². The lowest BCUT2D eigenvalue weighted by Crippen LogP contribution is -2.32. The van der Waals surface area contributed by atoms with Crippen LogP contribution >= 0.6 is 0 Å². The molecule has 0 fully saturated rings. The fourth-order valence-electron chi connectivity index (χ4n) is 3.01. The molecule has 0 saturated carbocycles. The normalized spacial score (nSPS) is 12.2. The van der Waals surface area contributed by atoms with E-state index in [1.807, 2.05) is 50.2 Å². The molecule has 0 radical (unpaired) electrons. The van der Waals surface area contributed by atoms with Crippen LogP contribution in [0, 0.1) is 5.92 Å². The van der Waals surface area contributed by atoms with Gasteiger partial charge in [0.1, 0.15) is 6.04 Å². The average Bonchev–Trinajstić information content (AvgIpc) is 3.21. The number of rotatable bonds is 5. The van der Waals surface area contributed by atoms with Crippen molar-refractivity contribution in [3.05, 3.63) is 72.5 Å². The maximum atomic E-state index is 13.0. The third-order valence-electron chi connectivity index (χ3n) is 4.47. The summed E-state index contributed by atoms with van der Waals surface area (Å²) >= 11 is 0. The number of nitrogens with one attached hydrogen (secondary N) is 1. The van der Waals surface area contributed by atoms with Gasteiger partial charge in [-0.3, -0.25) is 14.8 Å². The third-order valence-corrected chi connectivity index (χ3v) is 4.47. The fourth-order valence-corrected chi connectivity index (χ4v) is 3.01. The molecule has 3 aromatic heterocycles. The summed E-state index contributed by atoms with van der Waals surface area (Å²) in [5, 5.41) is 7.86. The first kappa shape index (κ1) is 17.8. The Labute approximate surface area is 161 Å². The molecule has 1 N–H and O–H groups in total. The summed E-state index contributed by atoms with van der Waals surface area (Å²) in [5.41, 5.74) is 2.09. The first-order valence-corrected chi connectivity index (χ1v) is 9.02. The first-order valence-electron chi connectivity index (χ1n) is 9.02. The van der Waals surface area contributed by atoms with Crippen molar-refractivity contribution in [2.45, 2.75) is 19.9 Å². The molecule has 0 aliphatic rings. The van der Waals surface area contributed by atoms with Crippen LogP contribution in [0.4, 0.5) is 0 Å². The zero-order chi connectivity index (χ0) is 19.5. The number of carbonyl (C=O) groups excluding carboxylic acids is 1. The van der Waals surface area contributed by atoms with Gasteiger partial charge < -0.3 is 9.84 Å². The highest BCUT2D eigenvalue weighted by Crippen LogP contribution is 2.24. The Morgan fingerprint density at radius 2 is 1.93 bits per heavy atom. The van der Waals surface area contributed by atoms with Gasteiger partial charge in [-0.25, -0.2) is 0 Å². The van der Waals surface area contributed by atoms with E-state index in [2.05, 4.69) is 25.4 Å². The maximum Gasteiger partial charge on any atom is 0.252 e. The summed E-state index contributed by atoms with van der Waals surface area (Å²) in [4.78, 5) is 25.8. The lowest BCUT2D eigenvalue weighted by molar-refractivity contribution is 0.0915. The summed E-state index contributed by atoms with van der Waals surface area (Å²) in [6.07, 6.45) is 5.06. The first-order chi connectivity index (χ1) is 13.6. The molecule has 7 nitrogen and oxygen atoms in total. The molecule has 140 valence electrons. The number of hydrogen-bond donors (Lipinski definition) is 1. The molecule has 0 bridgehead atoms. The van der Waals surface area contributed by atoms with Gasteiger partial charge in [-0.1, -0.05) is 31.1 Å². The van der Waals surface area contributed by atoms with Crippen molar-refractivity contribution in [2.24, 2.45) is 5.92 Å². The minimum absolute atomic E-state index is 0.0549. The van der Waals surface area contributed by atoms with E-state index in [0.29, 0.717) is 17.3 Å². The number of amides is 1. The van der Waals surface area contributed by atoms with Crippen LogP contribution in [0.15, 0.2) is 65.6 Å². The molecule has 0 aliphatic heterocycles. The Bertz CT molecular complexity index is 1100. The van der Waals surface area contributed by atoms with Gasteiger partial charge >= 0.3 is 0 Å². The van der Waals surface area contributed by atoms with Gasteiger partial charge in [0.25, 0.3) is 5.91 Å². The maximum absolute atomic E-state index is 13.0. The van der Waals surface area contributed by atoms with Crippen LogP contribution in [0.25, 0.3) is 22.3 Å². The van der Waals surface area contributed by atoms with Crippen LogP contribution in [0.1, 0.15) is 36.1 Å². The Balaban J connectivity index is 1.62. The molecule has 4 rings (SSSR count). The lowest BCUT2D eigenvalue weighted by atomic mass is 10.0. The van der Waals surface area contributed by atoms with Crippen molar-refractivity contribution >= 4 is 16.8 Å². The predicted molar refractivity (Wildman–Crippen MR) is 104 cm³/mol. The van der Waals surface area contributed by atoms with E-state index in [1.165, 1.54) is 0 Å². The Kier molecular flexibility index (Phi) is 4.80.